The molecule has 1 unspecified atom stereocenters. The van der Waals surface area contributed by atoms with Crippen molar-refractivity contribution in [3.05, 3.63) is 81.5 Å². The number of methoxy groups -OCH3 is 1. The fourth-order valence-corrected chi connectivity index (χ4v) is 6.86. The Balaban J connectivity index is 1.29. The molecule has 0 aliphatic carbocycles. The van der Waals surface area contributed by atoms with Crippen molar-refractivity contribution < 1.29 is 38.0 Å². The first-order valence-electron chi connectivity index (χ1n) is 20.1. The Morgan fingerprint density at radius 2 is 1.50 bits per heavy atom. The van der Waals surface area contributed by atoms with Gasteiger partial charge in [0, 0.05) is 18.8 Å². The second-order valence-electron chi connectivity index (χ2n) is 13.7. The van der Waals surface area contributed by atoms with Crippen LogP contribution in [-0.4, -0.2) is 85.1 Å². The third kappa shape index (κ3) is 17.8. The van der Waals surface area contributed by atoms with E-state index in [4.69, 9.17) is 35.0 Å². The average molecular weight is 818 g/mol. The number of aryl methyl sites for hydroxylation is 1. The largest absolute Gasteiger partial charge is 0.469 e. The monoisotopic (exact) mass is 817 g/mol. The van der Waals surface area contributed by atoms with Gasteiger partial charge in [-0.15, -0.1) is 11.3 Å². The van der Waals surface area contributed by atoms with Crippen LogP contribution in [0.2, 0.25) is 0 Å². The Morgan fingerprint density at radius 1 is 0.862 bits per heavy atom. The van der Waals surface area contributed by atoms with Crippen LogP contribution < -0.4 is 4.90 Å². The predicted octanol–water partition coefficient (Wildman–Crippen LogP) is 9.75. The van der Waals surface area contributed by atoms with Crippen LogP contribution in [0.4, 0.5) is 22.1 Å². The number of ether oxygens (including phenoxy) is 6. The summed E-state index contributed by atoms with van der Waals surface area (Å²) in [7, 11) is 1.35. The van der Waals surface area contributed by atoms with E-state index >= 15 is 0 Å². The topological polar surface area (TPSA) is 146 Å². The molecule has 0 fully saturated rings. The number of azo groups is 1. The molecule has 13 nitrogen and oxygen atoms in total. The van der Waals surface area contributed by atoms with Gasteiger partial charge in [0.05, 0.1) is 89.4 Å². The number of thiophene rings is 1. The molecule has 0 N–H and O–H groups in total. The smallest absolute Gasteiger partial charge is 0.309 e. The normalized spacial score (nSPS) is 11.6. The number of carbonyl (C=O) groups is 2. The molecule has 0 saturated heterocycles. The van der Waals surface area contributed by atoms with Gasteiger partial charge in [-0.25, -0.2) is 4.85 Å². The summed E-state index contributed by atoms with van der Waals surface area (Å²) in [4.78, 5) is 30.7. The molecule has 0 spiro atoms. The molecular weight excluding hydrogens is 759 g/mol. The van der Waals surface area contributed by atoms with Gasteiger partial charge in [0.1, 0.15) is 17.7 Å². The Bertz CT molecular complexity index is 1770. The third-order valence-electron chi connectivity index (χ3n) is 9.29. The summed E-state index contributed by atoms with van der Waals surface area (Å²) in [5.74, 6) is -1.26. The molecule has 2 aromatic carbocycles. The van der Waals surface area contributed by atoms with Gasteiger partial charge in [0.2, 0.25) is 5.69 Å². The van der Waals surface area contributed by atoms with E-state index in [1.165, 1.54) is 43.3 Å². The summed E-state index contributed by atoms with van der Waals surface area (Å²) in [5.41, 5.74) is 4.82. The maximum absolute atomic E-state index is 12.3. The van der Waals surface area contributed by atoms with Gasteiger partial charge < -0.3 is 33.3 Å². The summed E-state index contributed by atoms with van der Waals surface area (Å²) >= 11 is 1.18. The van der Waals surface area contributed by atoms with Gasteiger partial charge in [-0.3, -0.25) is 9.59 Å². The van der Waals surface area contributed by atoms with Crippen molar-refractivity contribution in [1.82, 2.24) is 0 Å². The van der Waals surface area contributed by atoms with Crippen LogP contribution in [0.5, 0.6) is 0 Å². The Morgan fingerprint density at radius 3 is 2.12 bits per heavy atom. The highest BCUT2D eigenvalue weighted by atomic mass is 32.1. The molecule has 0 saturated carbocycles. The summed E-state index contributed by atoms with van der Waals surface area (Å²) in [5, 5.41) is 18.5. The van der Waals surface area contributed by atoms with Crippen LogP contribution >= 0.6 is 11.3 Å². The van der Waals surface area contributed by atoms with Crippen molar-refractivity contribution in [3.8, 4) is 6.07 Å². The maximum atomic E-state index is 12.3. The van der Waals surface area contributed by atoms with Gasteiger partial charge >= 0.3 is 11.9 Å². The lowest BCUT2D eigenvalue weighted by Gasteiger charge is -2.25. The second kappa shape index (κ2) is 28.7. The van der Waals surface area contributed by atoms with Gasteiger partial charge in [0.15, 0.2) is 0 Å². The van der Waals surface area contributed by atoms with E-state index in [2.05, 4.69) is 51.2 Å². The number of nitriles is 1. The fraction of sp³-hybridized carbons (Fsp3) is 0.545. The van der Waals surface area contributed by atoms with Gasteiger partial charge in [-0.1, -0.05) is 75.8 Å². The Labute approximate surface area is 348 Å². The van der Waals surface area contributed by atoms with Gasteiger partial charge in [0.25, 0.3) is 0 Å². The minimum absolute atomic E-state index is 0.0176. The Kier molecular flexibility index (Phi) is 23.6. The number of esters is 2. The van der Waals surface area contributed by atoms with Crippen molar-refractivity contribution in [1.29, 1.82) is 5.26 Å². The molecule has 0 amide bonds. The van der Waals surface area contributed by atoms with Crippen LogP contribution in [0.15, 0.2) is 58.8 Å². The maximum Gasteiger partial charge on any atom is 0.309 e. The third-order valence-corrected chi connectivity index (χ3v) is 10.4. The zero-order chi connectivity index (χ0) is 41.8. The summed E-state index contributed by atoms with van der Waals surface area (Å²) in [6.45, 7) is 18.1. The molecule has 14 heteroatoms. The van der Waals surface area contributed by atoms with E-state index < -0.39 is 11.9 Å². The highest BCUT2D eigenvalue weighted by Crippen LogP contribution is 2.42. The zero-order valence-electron chi connectivity index (χ0n) is 34.5. The standard InChI is InChI=1S/C44H59N5O8S/c1-6-7-8-9-10-14-17-37(44(51)52-5)31-41(50)57-29-28-56-27-26-55-25-24-54-23-22-53-21-20-49(33-36-15-12-11-13-16-36)38-18-19-39(34(2)30-38)47-48-43-42(46-4)35(3)40(32-45)58-43/h11-13,15-16,18-19,30,37H,6-10,14,17,20-29,31,33H2,1-3,5H3. The lowest BCUT2D eigenvalue weighted by molar-refractivity contribution is -0.154. The van der Waals surface area contributed by atoms with Crippen LogP contribution in [0.1, 0.15) is 79.9 Å². The molecular formula is C44H59N5O8S. The lowest BCUT2D eigenvalue weighted by atomic mass is 9.97. The first kappa shape index (κ1) is 47.7. The molecule has 3 rings (SSSR count). The number of hydrogen-bond donors (Lipinski definition) is 0. The minimum Gasteiger partial charge on any atom is -0.469 e. The SMILES string of the molecule is [C-]#[N+]c1c(N=Nc2ccc(N(CCOCCOCCOCCOCCOC(=O)CC(CCCCCCCC)C(=O)OC)Cc3ccccc3)cc2C)sc(C#N)c1C. The van der Waals surface area contributed by atoms with Crippen LogP contribution in [0, 0.1) is 37.7 Å². The molecule has 0 bridgehead atoms. The van der Waals surface area contributed by atoms with Crippen molar-refractivity contribution in [2.24, 2.45) is 16.1 Å². The van der Waals surface area contributed by atoms with E-state index in [-0.39, 0.29) is 25.6 Å². The number of carbonyl (C=O) groups excluding carboxylic acids is 2. The molecule has 0 radical (unpaired) electrons. The molecule has 1 atom stereocenters. The van der Waals surface area contributed by atoms with Crippen molar-refractivity contribution in [2.75, 3.05) is 78.0 Å². The number of nitrogens with zero attached hydrogens (tertiary/aromatic N) is 5. The first-order chi connectivity index (χ1) is 28.3. The second-order valence-corrected chi connectivity index (χ2v) is 14.7. The summed E-state index contributed by atoms with van der Waals surface area (Å²) in [6.07, 6.45) is 7.32. The molecule has 0 aliphatic rings. The van der Waals surface area contributed by atoms with Crippen LogP contribution in [0.25, 0.3) is 4.85 Å². The van der Waals surface area contributed by atoms with E-state index in [9.17, 15) is 14.9 Å². The molecule has 314 valence electrons. The molecule has 3 aromatic rings. The molecule has 0 aliphatic heterocycles. The van der Waals surface area contributed by atoms with Gasteiger partial charge in [-0.05, 0) is 55.2 Å². The highest BCUT2D eigenvalue weighted by Gasteiger charge is 2.23. The Hall–Kier alpha value is -4.70. The number of unbranched alkanes of at least 4 members (excludes halogenated alkanes) is 5. The fourth-order valence-electron chi connectivity index (χ4n) is 6.00. The van der Waals surface area contributed by atoms with E-state index in [0.29, 0.717) is 92.6 Å². The van der Waals surface area contributed by atoms with E-state index in [1.807, 2.05) is 37.3 Å². The zero-order valence-corrected chi connectivity index (χ0v) is 35.4. The quantitative estimate of drug-likeness (QED) is 0.0276. The molecule has 58 heavy (non-hydrogen) atoms. The first-order valence-corrected chi connectivity index (χ1v) is 20.9. The number of benzene rings is 2. The number of hydrogen-bond acceptors (Lipinski definition) is 13. The summed E-state index contributed by atoms with van der Waals surface area (Å²) < 4.78 is 32.8. The number of anilines is 1. The highest BCUT2D eigenvalue weighted by molar-refractivity contribution is 7.17. The van der Waals surface area contributed by atoms with Crippen molar-refractivity contribution in [2.45, 2.75) is 78.7 Å². The lowest BCUT2D eigenvalue weighted by Crippen LogP contribution is -2.27. The van der Waals surface area contributed by atoms with Gasteiger partial charge in [-0.2, -0.15) is 15.5 Å². The van der Waals surface area contributed by atoms with Crippen LogP contribution in [0.3, 0.4) is 0 Å². The van der Waals surface area contributed by atoms with E-state index in [0.717, 1.165) is 30.5 Å². The van der Waals surface area contributed by atoms with Crippen LogP contribution in [-0.2, 0) is 44.6 Å². The molecule has 1 heterocycles. The predicted molar refractivity (Wildman–Crippen MR) is 225 cm³/mol. The summed E-state index contributed by atoms with van der Waals surface area (Å²) in [6, 6.07) is 18.4. The average Bonchev–Trinajstić information content (AvgIpc) is 3.55. The van der Waals surface area contributed by atoms with E-state index in [1.54, 1.807) is 6.92 Å². The van der Waals surface area contributed by atoms with Crippen molar-refractivity contribution in [3.63, 3.8) is 0 Å². The number of rotatable bonds is 30. The van der Waals surface area contributed by atoms with Crippen molar-refractivity contribution >= 4 is 45.3 Å². The molecule has 1 aromatic heterocycles. The minimum atomic E-state index is -0.474.